The second kappa shape index (κ2) is 11.2. The highest BCUT2D eigenvalue weighted by atomic mass is 31.0. The molecule has 3 fully saturated rings. The average Bonchev–Trinajstić information content (AvgIpc) is 3.45. The summed E-state index contributed by atoms with van der Waals surface area (Å²) < 4.78 is 22.4. The number of ether oxygens (including phenoxy) is 4. The van der Waals surface area contributed by atoms with Crippen LogP contribution in [-0.4, -0.2) is 49.8 Å². The van der Waals surface area contributed by atoms with Crippen LogP contribution in [0.15, 0.2) is 12.1 Å². The molecule has 0 spiro atoms. The Balaban J connectivity index is 1.44. The molecule has 0 saturated heterocycles. The number of carbonyl (C=O) groups is 3. The maximum Gasteiger partial charge on any atom is 0.311 e. The van der Waals surface area contributed by atoms with Crippen molar-refractivity contribution < 1.29 is 33.3 Å². The van der Waals surface area contributed by atoms with E-state index in [-0.39, 0.29) is 53.7 Å². The highest BCUT2D eigenvalue weighted by Gasteiger charge is 2.52. The molecule has 3 saturated carbocycles. The third-order valence-electron chi connectivity index (χ3n) is 7.97. The highest BCUT2D eigenvalue weighted by Crippen LogP contribution is 2.49. The Morgan fingerprint density at radius 1 is 0.919 bits per heavy atom. The maximum absolute atomic E-state index is 13.4. The summed E-state index contributed by atoms with van der Waals surface area (Å²) in [4.78, 5) is 38.3. The Hall–Kier alpha value is -2.34. The Morgan fingerprint density at radius 3 is 2.22 bits per heavy atom. The quantitative estimate of drug-likeness (QED) is 0.421. The summed E-state index contributed by atoms with van der Waals surface area (Å²) in [5, 5.41) is 3.91. The van der Waals surface area contributed by atoms with Crippen molar-refractivity contribution in [1.29, 1.82) is 0 Å². The molecule has 204 valence electrons. The van der Waals surface area contributed by atoms with Crippen molar-refractivity contribution >= 4 is 32.4 Å². The van der Waals surface area contributed by atoms with Crippen LogP contribution in [-0.2, 0) is 19.1 Å². The van der Waals surface area contributed by atoms with Gasteiger partial charge >= 0.3 is 11.9 Å². The summed E-state index contributed by atoms with van der Waals surface area (Å²) in [7, 11) is 5.58. The molecule has 37 heavy (non-hydrogen) atoms. The van der Waals surface area contributed by atoms with Gasteiger partial charge in [0.05, 0.1) is 37.7 Å². The fourth-order valence-electron chi connectivity index (χ4n) is 6.21. The van der Waals surface area contributed by atoms with Gasteiger partial charge in [-0.1, -0.05) is 0 Å². The Kier molecular flexibility index (Phi) is 8.37. The standard InChI is InChI=1S/C28H40NO7P/c1-28(2,3)36-26(31)15-8-10-18(11-9-15)35-21-13-19(20(33-4)14-22(21)37)25(30)29-24-17-7-6-16(12-17)23(24)27(32)34-5/h13-18,23-24H,6-12,37H2,1-5H3,(H,29,30)/t15-,16-,17+,18+,23+,24-/m1/s1. The summed E-state index contributed by atoms with van der Waals surface area (Å²) in [5.41, 5.74) is -0.120. The van der Waals surface area contributed by atoms with Gasteiger partial charge in [-0.05, 0) is 89.7 Å². The van der Waals surface area contributed by atoms with Gasteiger partial charge in [-0.2, -0.15) is 0 Å². The third kappa shape index (κ3) is 6.22. The van der Waals surface area contributed by atoms with Gasteiger partial charge in [0, 0.05) is 11.3 Å². The average molecular weight is 534 g/mol. The molecule has 8 nitrogen and oxygen atoms in total. The lowest BCUT2D eigenvalue weighted by molar-refractivity contribution is -0.161. The van der Waals surface area contributed by atoms with Crippen molar-refractivity contribution in [3.8, 4) is 11.5 Å². The highest BCUT2D eigenvalue weighted by molar-refractivity contribution is 7.27. The lowest BCUT2D eigenvalue weighted by atomic mass is 9.84. The monoisotopic (exact) mass is 533 g/mol. The van der Waals surface area contributed by atoms with Crippen molar-refractivity contribution in [2.45, 2.75) is 83.5 Å². The van der Waals surface area contributed by atoms with E-state index >= 15 is 0 Å². The molecule has 2 bridgehead atoms. The summed E-state index contributed by atoms with van der Waals surface area (Å²) in [6.07, 6.45) is 5.74. The van der Waals surface area contributed by atoms with Gasteiger partial charge in [0.15, 0.2) is 0 Å². The van der Waals surface area contributed by atoms with Crippen LogP contribution in [0, 0.1) is 23.7 Å². The second-order valence-corrected chi connectivity index (χ2v) is 12.2. The first-order chi connectivity index (χ1) is 17.5. The van der Waals surface area contributed by atoms with Gasteiger partial charge in [0.1, 0.15) is 17.1 Å². The predicted molar refractivity (Wildman–Crippen MR) is 142 cm³/mol. The minimum atomic E-state index is -0.492. The molecule has 3 aliphatic rings. The fourth-order valence-corrected chi connectivity index (χ4v) is 6.51. The zero-order valence-electron chi connectivity index (χ0n) is 22.5. The van der Waals surface area contributed by atoms with E-state index in [2.05, 4.69) is 14.6 Å². The van der Waals surface area contributed by atoms with E-state index in [0.29, 0.717) is 29.9 Å². The molecule has 1 aromatic rings. The molecule has 3 aliphatic carbocycles. The number of esters is 2. The lowest BCUT2D eigenvalue weighted by Crippen LogP contribution is -2.47. The molecule has 0 aromatic heterocycles. The third-order valence-corrected chi connectivity index (χ3v) is 8.42. The molecular weight excluding hydrogens is 493 g/mol. The van der Waals surface area contributed by atoms with E-state index in [1.54, 1.807) is 12.1 Å². The minimum absolute atomic E-state index is 0.0587. The largest absolute Gasteiger partial charge is 0.496 e. The summed E-state index contributed by atoms with van der Waals surface area (Å²) in [5.74, 6) is 0.464. The van der Waals surface area contributed by atoms with Gasteiger partial charge in [0.2, 0.25) is 0 Å². The second-order valence-electron chi connectivity index (χ2n) is 11.6. The van der Waals surface area contributed by atoms with Crippen LogP contribution in [0.3, 0.4) is 0 Å². The van der Waals surface area contributed by atoms with Crippen LogP contribution in [0.4, 0.5) is 0 Å². The van der Waals surface area contributed by atoms with Crippen molar-refractivity contribution in [2.24, 2.45) is 23.7 Å². The van der Waals surface area contributed by atoms with E-state index < -0.39 is 5.60 Å². The SMILES string of the molecule is COC(=O)[C@H]1[C@@H]2CC[C@@H](C2)[C@H]1NC(=O)c1cc(O[C@H]2CC[C@@H](C(=O)OC(C)(C)C)CC2)c(P)cc1OC. The molecular formula is C28H40NO7P. The molecule has 4 rings (SSSR count). The molecule has 9 heteroatoms. The van der Waals surface area contributed by atoms with Crippen LogP contribution in [0.2, 0.25) is 0 Å². The Labute approximate surface area is 221 Å². The van der Waals surface area contributed by atoms with Crippen molar-refractivity contribution in [3.63, 3.8) is 0 Å². The van der Waals surface area contributed by atoms with Crippen LogP contribution in [0.25, 0.3) is 0 Å². The van der Waals surface area contributed by atoms with Gasteiger partial charge in [-0.25, -0.2) is 0 Å². The van der Waals surface area contributed by atoms with Crippen LogP contribution in [0.1, 0.15) is 76.1 Å². The first kappa shape index (κ1) is 27.7. The van der Waals surface area contributed by atoms with Crippen molar-refractivity contribution in [1.82, 2.24) is 5.32 Å². The number of hydrogen-bond donors (Lipinski definition) is 1. The minimum Gasteiger partial charge on any atom is -0.496 e. The van der Waals surface area contributed by atoms with Gasteiger partial charge in [-0.3, -0.25) is 14.4 Å². The van der Waals surface area contributed by atoms with E-state index in [1.807, 2.05) is 20.8 Å². The number of carbonyl (C=O) groups excluding carboxylic acids is 3. The number of rotatable bonds is 7. The van der Waals surface area contributed by atoms with Crippen molar-refractivity contribution in [3.05, 3.63) is 17.7 Å². The summed E-state index contributed by atoms with van der Waals surface area (Å²) in [6, 6.07) is 3.25. The lowest BCUT2D eigenvalue weighted by Gasteiger charge is -2.31. The first-order valence-electron chi connectivity index (χ1n) is 13.3. The normalized spacial score (nSPS) is 28.9. The summed E-state index contributed by atoms with van der Waals surface area (Å²) >= 11 is 0. The van der Waals surface area contributed by atoms with E-state index in [0.717, 1.165) is 37.4 Å². The molecule has 0 aliphatic heterocycles. The van der Waals surface area contributed by atoms with Crippen molar-refractivity contribution in [2.75, 3.05) is 14.2 Å². The first-order valence-corrected chi connectivity index (χ1v) is 13.8. The number of amides is 1. The smallest absolute Gasteiger partial charge is 0.311 e. The van der Waals surface area contributed by atoms with E-state index in [1.165, 1.54) is 14.2 Å². The van der Waals surface area contributed by atoms with Crippen LogP contribution < -0.4 is 20.1 Å². The number of benzene rings is 1. The van der Waals surface area contributed by atoms with Gasteiger partial charge in [0.25, 0.3) is 5.91 Å². The molecule has 1 N–H and O–H groups in total. The molecule has 1 amide bonds. The Morgan fingerprint density at radius 2 is 1.59 bits per heavy atom. The number of fused-ring (bicyclic) bond motifs is 2. The molecule has 1 unspecified atom stereocenters. The summed E-state index contributed by atoms with van der Waals surface area (Å²) in [6.45, 7) is 5.64. The molecule has 1 aromatic carbocycles. The molecule has 0 heterocycles. The fraction of sp³-hybridized carbons (Fsp3) is 0.679. The topological polar surface area (TPSA) is 100 Å². The number of methoxy groups -OCH3 is 2. The number of hydrogen-bond acceptors (Lipinski definition) is 7. The van der Waals surface area contributed by atoms with E-state index in [4.69, 9.17) is 18.9 Å². The zero-order chi connectivity index (χ0) is 26.9. The van der Waals surface area contributed by atoms with Gasteiger partial charge < -0.3 is 24.3 Å². The van der Waals surface area contributed by atoms with Crippen LogP contribution in [0.5, 0.6) is 11.5 Å². The Bertz CT molecular complexity index is 1030. The van der Waals surface area contributed by atoms with Gasteiger partial charge in [-0.15, -0.1) is 9.24 Å². The zero-order valence-corrected chi connectivity index (χ0v) is 23.7. The van der Waals surface area contributed by atoms with Crippen LogP contribution >= 0.6 is 9.24 Å². The molecule has 0 radical (unpaired) electrons. The van der Waals surface area contributed by atoms with E-state index in [9.17, 15) is 14.4 Å². The maximum atomic E-state index is 13.4. The predicted octanol–water partition coefficient (Wildman–Crippen LogP) is 3.79. The molecule has 5 atom stereocenters. The number of nitrogens with one attached hydrogen (secondary N) is 1.